The molecule has 0 amide bonds. The zero-order valence-corrected chi connectivity index (χ0v) is 17.5. The summed E-state index contributed by atoms with van der Waals surface area (Å²) in [6.07, 6.45) is 0.627. The van der Waals surface area contributed by atoms with Crippen LogP contribution >= 0.6 is 23.2 Å². The number of nitrogens with one attached hydrogen (secondary N) is 1. The van der Waals surface area contributed by atoms with E-state index in [0.29, 0.717) is 27.7 Å². The average Bonchev–Trinajstić information content (AvgIpc) is 3.11. The largest absolute Gasteiger partial charge is 0.342 e. The van der Waals surface area contributed by atoms with Crippen molar-refractivity contribution in [2.24, 2.45) is 0 Å². The fourth-order valence-electron chi connectivity index (χ4n) is 3.20. The zero-order valence-electron chi connectivity index (χ0n) is 15.2. The van der Waals surface area contributed by atoms with Gasteiger partial charge in [0.15, 0.2) is 0 Å². The molecule has 1 atom stereocenters. The molecule has 0 saturated carbocycles. The first kappa shape index (κ1) is 19.2. The van der Waals surface area contributed by atoms with Crippen LogP contribution in [0.25, 0.3) is 22.2 Å². The number of hydrogen-bond donors (Lipinski definition) is 1. The number of halogens is 2. The Hall–Kier alpha value is -2.14. The van der Waals surface area contributed by atoms with Crippen molar-refractivity contribution in [1.29, 1.82) is 0 Å². The minimum absolute atomic E-state index is 0.546. The first-order chi connectivity index (χ1) is 13.6. The van der Waals surface area contributed by atoms with E-state index in [4.69, 9.17) is 28.2 Å². The Morgan fingerprint density at radius 1 is 1.04 bits per heavy atom. The van der Waals surface area contributed by atoms with E-state index >= 15 is 0 Å². The summed E-state index contributed by atoms with van der Waals surface area (Å²) in [6, 6.07) is 19.5. The molecule has 28 heavy (non-hydrogen) atoms. The summed E-state index contributed by atoms with van der Waals surface area (Å²) < 4.78 is 11.9. The number of hydrogen-bond acceptors (Lipinski definition) is 2. The van der Waals surface area contributed by atoms with Gasteiger partial charge in [0.05, 0.1) is 26.4 Å². The molecule has 3 nitrogen and oxygen atoms in total. The summed E-state index contributed by atoms with van der Waals surface area (Å²) in [6.45, 7) is 1.91. The lowest BCUT2D eigenvalue weighted by Gasteiger charge is -2.07. The van der Waals surface area contributed by atoms with Gasteiger partial charge in [-0.3, -0.25) is 4.21 Å². The zero-order chi connectivity index (χ0) is 19.7. The third kappa shape index (κ3) is 3.72. The fourth-order valence-corrected chi connectivity index (χ4v) is 4.69. The van der Waals surface area contributed by atoms with E-state index in [1.54, 1.807) is 0 Å². The van der Waals surface area contributed by atoms with Gasteiger partial charge in [-0.15, -0.1) is 0 Å². The van der Waals surface area contributed by atoms with E-state index in [2.05, 4.69) is 4.98 Å². The Balaban J connectivity index is 1.68. The third-order valence-corrected chi connectivity index (χ3v) is 6.59. The van der Waals surface area contributed by atoms with Crippen molar-refractivity contribution < 1.29 is 4.21 Å². The second-order valence-corrected chi connectivity index (χ2v) is 8.97. The van der Waals surface area contributed by atoms with Crippen LogP contribution in [0.3, 0.4) is 0 Å². The second kappa shape index (κ2) is 8.08. The quantitative estimate of drug-likeness (QED) is 0.407. The van der Waals surface area contributed by atoms with Gasteiger partial charge in [0.25, 0.3) is 0 Å². The molecule has 0 aliphatic heterocycles. The number of fused-ring (bicyclic) bond motifs is 1. The molecule has 0 fully saturated rings. The lowest BCUT2D eigenvalue weighted by atomic mass is 10.0. The topological polar surface area (TPSA) is 45.8 Å². The summed E-state index contributed by atoms with van der Waals surface area (Å²) >= 11 is 13.2. The molecule has 0 bridgehead atoms. The van der Waals surface area contributed by atoms with Crippen molar-refractivity contribution in [3.8, 4) is 11.1 Å². The van der Waals surface area contributed by atoms with E-state index < -0.39 is 10.8 Å². The van der Waals surface area contributed by atoms with Crippen LogP contribution in [0.1, 0.15) is 18.3 Å². The van der Waals surface area contributed by atoms with Crippen LogP contribution in [-0.2, 0) is 17.2 Å². The molecule has 6 heteroatoms. The monoisotopic (exact) mass is 428 g/mol. The highest BCUT2D eigenvalue weighted by Gasteiger charge is 2.16. The number of rotatable bonds is 5. The van der Waals surface area contributed by atoms with Crippen molar-refractivity contribution in [2.45, 2.75) is 18.2 Å². The van der Waals surface area contributed by atoms with Gasteiger partial charge in [-0.05, 0) is 29.3 Å². The van der Waals surface area contributed by atoms with Crippen molar-refractivity contribution in [3.05, 3.63) is 82.1 Å². The predicted molar refractivity (Wildman–Crippen MR) is 118 cm³/mol. The van der Waals surface area contributed by atoms with Gasteiger partial charge in [-0.2, -0.15) is 0 Å². The van der Waals surface area contributed by atoms with Gasteiger partial charge >= 0.3 is 0 Å². The van der Waals surface area contributed by atoms with Crippen LogP contribution < -0.4 is 0 Å². The Labute approximate surface area is 176 Å². The first-order valence-corrected chi connectivity index (χ1v) is 11.0. The molecule has 4 aromatic rings. The average molecular weight is 429 g/mol. The minimum Gasteiger partial charge on any atom is -0.342 e. The van der Waals surface area contributed by atoms with Gasteiger partial charge in [0.2, 0.25) is 0 Å². The molecule has 0 aliphatic carbocycles. The standard InChI is InChI=1S/C22H18Cl2N2OS/c1-2-28(27)16-10-8-14(9-11-16)12-19-25-18-13-17(23)20(21(24)22(18)26-19)15-6-4-3-5-7-15/h3-11,13H,2,12H2,1H3,(H,25,26). The van der Waals surface area contributed by atoms with E-state index in [1.165, 1.54) is 0 Å². The Morgan fingerprint density at radius 3 is 2.43 bits per heavy atom. The molecule has 0 radical (unpaired) electrons. The summed E-state index contributed by atoms with van der Waals surface area (Å²) in [5, 5.41) is 1.13. The number of aromatic amines is 1. The maximum Gasteiger partial charge on any atom is 0.111 e. The normalized spacial score (nSPS) is 12.4. The number of aromatic nitrogens is 2. The second-order valence-electron chi connectivity index (χ2n) is 6.45. The summed E-state index contributed by atoms with van der Waals surface area (Å²) in [7, 11) is -0.940. The van der Waals surface area contributed by atoms with Crippen LogP contribution in [0.5, 0.6) is 0 Å². The number of nitrogens with zero attached hydrogens (tertiary/aromatic N) is 1. The number of H-pyrrole nitrogens is 1. The third-order valence-electron chi connectivity index (χ3n) is 4.60. The molecule has 4 rings (SSSR count). The molecule has 1 heterocycles. The maximum atomic E-state index is 11.9. The van der Waals surface area contributed by atoms with Gasteiger partial charge in [-0.1, -0.05) is 72.6 Å². The summed E-state index contributed by atoms with van der Waals surface area (Å²) in [5.41, 5.74) is 4.36. The number of imidazole rings is 1. The highest BCUT2D eigenvalue weighted by Crippen LogP contribution is 2.39. The highest BCUT2D eigenvalue weighted by molar-refractivity contribution is 7.85. The van der Waals surface area contributed by atoms with E-state index in [0.717, 1.165) is 32.9 Å². The first-order valence-electron chi connectivity index (χ1n) is 8.96. The number of benzene rings is 3. The van der Waals surface area contributed by atoms with Crippen molar-refractivity contribution in [1.82, 2.24) is 9.97 Å². The van der Waals surface area contributed by atoms with Crippen LogP contribution in [0.2, 0.25) is 10.0 Å². The van der Waals surface area contributed by atoms with Crippen LogP contribution in [0.4, 0.5) is 0 Å². The molecule has 1 unspecified atom stereocenters. The minimum atomic E-state index is -0.940. The predicted octanol–water partition coefficient (Wildman–Crippen LogP) is 6.26. The Bertz CT molecular complexity index is 1150. The van der Waals surface area contributed by atoms with Crippen molar-refractivity contribution >= 4 is 45.0 Å². The molecule has 3 aromatic carbocycles. The van der Waals surface area contributed by atoms with E-state index in [-0.39, 0.29) is 0 Å². The van der Waals surface area contributed by atoms with E-state index in [9.17, 15) is 4.21 Å². The highest BCUT2D eigenvalue weighted by atomic mass is 35.5. The van der Waals surface area contributed by atoms with Gasteiger partial charge in [0, 0.05) is 22.6 Å². The lowest BCUT2D eigenvalue weighted by molar-refractivity contribution is 0.684. The Morgan fingerprint density at radius 2 is 1.75 bits per heavy atom. The molecule has 0 spiro atoms. The van der Waals surface area contributed by atoms with E-state index in [1.807, 2.05) is 67.6 Å². The lowest BCUT2D eigenvalue weighted by Crippen LogP contribution is -1.95. The fraction of sp³-hybridized carbons (Fsp3) is 0.136. The molecular formula is C22H18Cl2N2OS. The molecule has 1 aromatic heterocycles. The van der Waals surface area contributed by atoms with Gasteiger partial charge in [-0.25, -0.2) is 4.98 Å². The summed E-state index contributed by atoms with van der Waals surface area (Å²) in [5.74, 6) is 1.42. The SMILES string of the molecule is CCS(=O)c1ccc(Cc2nc3c(Cl)c(-c4ccccc4)c(Cl)cc3[nH]2)cc1. The Kier molecular flexibility index (Phi) is 5.54. The van der Waals surface area contributed by atoms with Gasteiger partial charge in [0.1, 0.15) is 11.3 Å². The smallest absolute Gasteiger partial charge is 0.111 e. The maximum absolute atomic E-state index is 11.9. The summed E-state index contributed by atoms with van der Waals surface area (Å²) in [4.78, 5) is 8.86. The van der Waals surface area contributed by atoms with Crippen LogP contribution in [0.15, 0.2) is 65.6 Å². The van der Waals surface area contributed by atoms with Crippen LogP contribution in [-0.4, -0.2) is 19.9 Å². The molecule has 0 saturated heterocycles. The molecular weight excluding hydrogens is 411 g/mol. The molecule has 142 valence electrons. The molecule has 0 aliphatic rings. The van der Waals surface area contributed by atoms with Crippen molar-refractivity contribution in [2.75, 3.05) is 5.75 Å². The van der Waals surface area contributed by atoms with Crippen LogP contribution in [0, 0.1) is 0 Å². The van der Waals surface area contributed by atoms with Gasteiger partial charge < -0.3 is 4.98 Å². The molecule has 1 N–H and O–H groups in total. The van der Waals surface area contributed by atoms with Crippen molar-refractivity contribution in [3.63, 3.8) is 0 Å².